The van der Waals surface area contributed by atoms with E-state index in [4.69, 9.17) is 0 Å². The van der Waals surface area contributed by atoms with Crippen molar-refractivity contribution in [3.05, 3.63) is 28.2 Å². The maximum absolute atomic E-state index is 12.1. The first-order valence-corrected chi connectivity index (χ1v) is 6.54. The Balaban J connectivity index is 2.82. The van der Waals surface area contributed by atoms with Gasteiger partial charge in [-0.1, -0.05) is 0 Å². The van der Waals surface area contributed by atoms with Crippen LogP contribution < -0.4 is 5.32 Å². The molecule has 1 N–H and O–H groups in total. The number of alkyl halides is 1. The monoisotopic (exact) mass is 281 g/mol. The van der Waals surface area contributed by atoms with Crippen LogP contribution in [0, 0.1) is 4.91 Å². The number of nitrogens with one attached hydrogen (secondary N) is 1. The first-order chi connectivity index (χ1) is 9.65. The Bertz CT molecular complexity index is 466. The number of aldehydes is 1. The molecule has 0 aromatic heterocycles. The van der Waals surface area contributed by atoms with Crippen LogP contribution in [-0.2, 0) is 6.42 Å². The number of nitrogens with zero attached hydrogens (tertiary/aromatic N) is 2. The van der Waals surface area contributed by atoms with Crippen LogP contribution >= 0.6 is 0 Å². The van der Waals surface area contributed by atoms with Gasteiger partial charge in [0.1, 0.15) is 12.0 Å². The van der Waals surface area contributed by atoms with Crippen molar-refractivity contribution in [2.75, 3.05) is 39.2 Å². The van der Waals surface area contributed by atoms with Crippen LogP contribution in [0.15, 0.2) is 17.3 Å². The topological polar surface area (TPSA) is 61.8 Å². The zero-order valence-electron chi connectivity index (χ0n) is 11.9. The summed E-state index contributed by atoms with van der Waals surface area (Å²) in [7, 11) is 3.61. The molecule has 20 heavy (non-hydrogen) atoms. The number of benzene rings is 1. The number of nitroso groups, excluding NO2 is 1. The van der Waals surface area contributed by atoms with Gasteiger partial charge in [0.25, 0.3) is 0 Å². The third-order valence-electron chi connectivity index (χ3n) is 3.19. The first kappa shape index (κ1) is 16.2. The number of hydrogen-bond acceptors (Lipinski definition) is 5. The van der Waals surface area contributed by atoms with Crippen LogP contribution in [0.2, 0.25) is 0 Å². The summed E-state index contributed by atoms with van der Waals surface area (Å²) >= 11 is 0. The van der Waals surface area contributed by atoms with E-state index in [0.29, 0.717) is 30.6 Å². The van der Waals surface area contributed by atoms with Gasteiger partial charge in [-0.3, -0.25) is 9.18 Å². The lowest BCUT2D eigenvalue weighted by Crippen LogP contribution is -2.23. The minimum Gasteiger partial charge on any atom is -0.386 e. The Hall–Kier alpha value is -1.82. The standard InChI is InChI=1S/C14H20FN3O2/c1-16-13-8-11(4-7-18(2)6-3-5-15)12(10-19)9-14(13)17-20/h8-10,16H,3-7H2,1-2H3. The summed E-state index contributed by atoms with van der Waals surface area (Å²) in [6.07, 6.45) is 1.89. The van der Waals surface area contributed by atoms with Crippen molar-refractivity contribution in [2.24, 2.45) is 5.18 Å². The second-order valence-corrected chi connectivity index (χ2v) is 4.62. The highest BCUT2D eigenvalue weighted by atomic mass is 19.1. The molecule has 1 rings (SSSR count). The highest BCUT2D eigenvalue weighted by Gasteiger charge is 2.10. The molecule has 5 nitrogen and oxygen atoms in total. The van der Waals surface area contributed by atoms with E-state index in [0.717, 1.165) is 18.4 Å². The van der Waals surface area contributed by atoms with E-state index in [1.807, 2.05) is 11.9 Å². The van der Waals surface area contributed by atoms with E-state index in [1.54, 1.807) is 13.1 Å². The van der Waals surface area contributed by atoms with Gasteiger partial charge in [0.15, 0.2) is 0 Å². The van der Waals surface area contributed by atoms with Crippen molar-refractivity contribution in [2.45, 2.75) is 12.8 Å². The SMILES string of the molecule is CNc1cc(CCN(C)CCCF)c(C=O)cc1N=O. The van der Waals surface area contributed by atoms with Crippen LogP contribution in [0.1, 0.15) is 22.3 Å². The molecule has 0 bridgehead atoms. The normalized spacial score (nSPS) is 10.6. The van der Waals surface area contributed by atoms with Gasteiger partial charge in [0.05, 0.1) is 12.4 Å². The number of anilines is 1. The Kier molecular flexibility index (Phi) is 6.79. The van der Waals surface area contributed by atoms with Crippen molar-refractivity contribution < 1.29 is 9.18 Å². The number of hydrogen-bond donors (Lipinski definition) is 1. The molecule has 0 saturated heterocycles. The second-order valence-electron chi connectivity index (χ2n) is 4.62. The quantitative estimate of drug-likeness (QED) is 0.558. The van der Waals surface area contributed by atoms with E-state index < -0.39 is 0 Å². The highest BCUT2D eigenvalue weighted by molar-refractivity contribution is 5.83. The molecule has 0 unspecified atom stereocenters. The molecule has 110 valence electrons. The molecule has 0 aliphatic heterocycles. The van der Waals surface area contributed by atoms with Gasteiger partial charge in [0, 0.05) is 25.7 Å². The van der Waals surface area contributed by atoms with Crippen molar-refractivity contribution in [3.8, 4) is 0 Å². The van der Waals surface area contributed by atoms with Gasteiger partial charge in [-0.05, 0) is 42.8 Å². The van der Waals surface area contributed by atoms with Crippen LogP contribution in [-0.4, -0.2) is 45.0 Å². The largest absolute Gasteiger partial charge is 0.386 e. The van der Waals surface area contributed by atoms with Crippen molar-refractivity contribution in [1.29, 1.82) is 0 Å². The maximum Gasteiger partial charge on any atom is 0.150 e. The van der Waals surface area contributed by atoms with E-state index in [9.17, 15) is 14.1 Å². The molecule has 0 radical (unpaired) electrons. The van der Waals surface area contributed by atoms with Gasteiger partial charge in [-0.2, -0.15) is 0 Å². The lowest BCUT2D eigenvalue weighted by atomic mass is 10.0. The molecule has 1 aromatic carbocycles. The Morgan fingerprint density at radius 2 is 2.15 bits per heavy atom. The molecule has 0 fully saturated rings. The minimum absolute atomic E-state index is 0.226. The zero-order valence-corrected chi connectivity index (χ0v) is 11.9. The number of likely N-dealkylation sites (N-methyl/N-ethyl adjacent to an activating group) is 1. The van der Waals surface area contributed by atoms with E-state index in [-0.39, 0.29) is 12.4 Å². The van der Waals surface area contributed by atoms with Crippen LogP contribution in [0.4, 0.5) is 15.8 Å². The fourth-order valence-electron chi connectivity index (χ4n) is 2.00. The smallest absolute Gasteiger partial charge is 0.150 e. The lowest BCUT2D eigenvalue weighted by Gasteiger charge is -2.17. The third-order valence-corrected chi connectivity index (χ3v) is 3.19. The minimum atomic E-state index is -0.326. The van der Waals surface area contributed by atoms with Gasteiger partial charge in [0.2, 0.25) is 0 Å². The van der Waals surface area contributed by atoms with Crippen molar-refractivity contribution >= 4 is 17.7 Å². The maximum atomic E-state index is 12.1. The van der Waals surface area contributed by atoms with E-state index >= 15 is 0 Å². The molecular weight excluding hydrogens is 261 g/mol. The summed E-state index contributed by atoms with van der Waals surface area (Å²) < 4.78 is 12.1. The first-order valence-electron chi connectivity index (χ1n) is 6.54. The summed E-state index contributed by atoms with van der Waals surface area (Å²) in [4.78, 5) is 23.8. The van der Waals surface area contributed by atoms with E-state index in [1.165, 1.54) is 6.07 Å². The average molecular weight is 281 g/mol. The summed E-state index contributed by atoms with van der Waals surface area (Å²) in [5, 5.41) is 5.79. The molecule has 0 atom stereocenters. The molecular formula is C14H20FN3O2. The molecule has 0 aliphatic carbocycles. The summed E-state index contributed by atoms with van der Waals surface area (Å²) in [5.74, 6) is 0. The predicted molar refractivity (Wildman–Crippen MR) is 78.6 cm³/mol. The molecule has 0 aliphatic rings. The molecule has 1 aromatic rings. The Morgan fingerprint density at radius 1 is 1.40 bits per heavy atom. The van der Waals surface area contributed by atoms with Gasteiger partial charge >= 0.3 is 0 Å². The van der Waals surface area contributed by atoms with Crippen molar-refractivity contribution in [3.63, 3.8) is 0 Å². The van der Waals surface area contributed by atoms with Crippen LogP contribution in [0.5, 0.6) is 0 Å². The molecule has 6 heteroatoms. The number of carbonyl (C=O) groups is 1. The number of halogens is 1. The second kappa shape index (κ2) is 8.37. The van der Waals surface area contributed by atoms with Gasteiger partial charge in [-0.15, -0.1) is 4.91 Å². The average Bonchev–Trinajstić information content (AvgIpc) is 2.49. The lowest BCUT2D eigenvalue weighted by molar-refractivity contribution is 0.112. The number of carbonyl (C=O) groups excluding carboxylic acids is 1. The summed E-state index contributed by atoms with van der Waals surface area (Å²) in [6.45, 7) is 1.07. The Morgan fingerprint density at radius 3 is 2.70 bits per heavy atom. The zero-order chi connectivity index (χ0) is 15.0. The summed E-state index contributed by atoms with van der Waals surface area (Å²) in [6, 6.07) is 3.26. The Labute approximate surface area is 118 Å². The molecule has 0 heterocycles. The highest BCUT2D eigenvalue weighted by Crippen LogP contribution is 2.28. The van der Waals surface area contributed by atoms with Gasteiger partial charge < -0.3 is 10.2 Å². The molecule has 0 saturated carbocycles. The van der Waals surface area contributed by atoms with E-state index in [2.05, 4.69) is 10.5 Å². The predicted octanol–water partition coefficient (Wildman–Crippen LogP) is 2.77. The molecule has 0 spiro atoms. The van der Waals surface area contributed by atoms with Crippen LogP contribution in [0.25, 0.3) is 0 Å². The third kappa shape index (κ3) is 4.38. The van der Waals surface area contributed by atoms with Gasteiger partial charge in [-0.25, -0.2) is 0 Å². The molecule has 0 amide bonds. The van der Waals surface area contributed by atoms with Crippen molar-refractivity contribution in [1.82, 2.24) is 4.90 Å². The fraction of sp³-hybridized carbons (Fsp3) is 0.500. The summed E-state index contributed by atoms with van der Waals surface area (Å²) in [5.41, 5.74) is 2.15. The fourth-order valence-corrected chi connectivity index (χ4v) is 2.00. The number of rotatable bonds is 9. The van der Waals surface area contributed by atoms with Crippen LogP contribution in [0.3, 0.4) is 0 Å².